The average Bonchev–Trinajstić information content (AvgIpc) is 3.10. The number of rotatable bonds is 12. The number of carbonyl (C=O) groups is 3. The van der Waals surface area contributed by atoms with E-state index in [1.807, 2.05) is 6.92 Å². The van der Waals surface area contributed by atoms with Gasteiger partial charge in [-0.3, -0.25) is 9.59 Å². The lowest BCUT2D eigenvalue weighted by atomic mass is 9.78. The fraction of sp³-hybridized carbons (Fsp3) is 0.800. The van der Waals surface area contributed by atoms with Gasteiger partial charge in [0.1, 0.15) is 6.34 Å². The van der Waals surface area contributed by atoms with Crippen molar-refractivity contribution < 1.29 is 32.3 Å². The number of nitrogens with zero attached hydrogens (tertiary/aromatic N) is 1. The first-order valence-corrected chi connectivity index (χ1v) is 10.6. The van der Waals surface area contributed by atoms with Crippen LogP contribution in [0.15, 0.2) is 5.10 Å². The number of alkyl halides is 3. The van der Waals surface area contributed by atoms with Crippen molar-refractivity contribution in [3.05, 3.63) is 0 Å². The van der Waals surface area contributed by atoms with E-state index in [1.165, 1.54) is 13.3 Å². The highest BCUT2D eigenvalue weighted by molar-refractivity contribution is 5.91. The summed E-state index contributed by atoms with van der Waals surface area (Å²) in [6.07, 6.45) is 0.664. The Kier molecular flexibility index (Phi) is 10.8. The molecular formula is C20H33F3N4O4. The summed E-state index contributed by atoms with van der Waals surface area (Å²) in [4.78, 5) is 35.1. The van der Waals surface area contributed by atoms with Gasteiger partial charge >= 0.3 is 18.1 Å². The topological polar surface area (TPSA) is 109 Å². The number of hydrogen-bond donors (Lipinski definition) is 3. The van der Waals surface area contributed by atoms with Gasteiger partial charge in [0.05, 0.1) is 5.41 Å². The fourth-order valence-corrected chi connectivity index (χ4v) is 4.01. The van der Waals surface area contributed by atoms with E-state index in [2.05, 4.69) is 25.9 Å². The second-order valence-corrected chi connectivity index (χ2v) is 8.01. The molecule has 31 heavy (non-hydrogen) atoms. The van der Waals surface area contributed by atoms with Gasteiger partial charge in [0.2, 0.25) is 5.91 Å². The van der Waals surface area contributed by atoms with E-state index in [9.17, 15) is 27.6 Å². The third-order valence-corrected chi connectivity index (χ3v) is 5.62. The molecule has 178 valence electrons. The smallest absolute Gasteiger partial charge is 0.386 e. The summed E-state index contributed by atoms with van der Waals surface area (Å²) < 4.78 is 42.1. The minimum absolute atomic E-state index is 0.131. The van der Waals surface area contributed by atoms with Crippen molar-refractivity contribution in [2.75, 3.05) is 13.6 Å². The van der Waals surface area contributed by atoms with Crippen LogP contribution in [0.1, 0.15) is 65.2 Å². The number of ether oxygens (including phenoxy) is 1. The standard InChI is InChI=1S/C20H33F3N4O4/c1-4-5-15(8-11-25-14(2)28)6-9-19(17(29)31-18(30)20(21,22)23)10-7-16(12-19)26-13-27-24-3/h13,15-16,24H,4-12H2,1-3H3,(H,25,28)(H,26,27). The highest BCUT2D eigenvalue weighted by Gasteiger charge is 2.50. The molecule has 0 spiro atoms. The molecule has 8 nitrogen and oxygen atoms in total. The number of nitrogens with one attached hydrogen (secondary N) is 3. The van der Waals surface area contributed by atoms with Crippen molar-refractivity contribution in [3.63, 3.8) is 0 Å². The number of halogens is 3. The molecule has 0 heterocycles. The first-order chi connectivity index (χ1) is 14.5. The summed E-state index contributed by atoms with van der Waals surface area (Å²) in [5.74, 6) is -3.55. The highest BCUT2D eigenvalue weighted by atomic mass is 19.4. The molecule has 0 bridgehead atoms. The fourth-order valence-electron chi connectivity index (χ4n) is 4.01. The van der Waals surface area contributed by atoms with Crippen LogP contribution in [0.3, 0.4) is 0 Å². The Hall–Kier alpha value is -2.33. The zero-order valence-corrected chi connectivity index (χ0v) is 18.3. The van der Waals surface area contributed by atoms with Gasteiger partial charge in [-0.25, -0.2) is 4.79 Å². The number of amides is 1. The third-order valence-electron chi connectivity index (χ3n) is 5.62. The van der Waals surface area contributed by atoms with Crippen molar-refractivity contribution >= 4 is 24.2 Å². The summed E-state index contributed by atoms with van der Waals surface area (Å²) in [7, 11) is 1.62. The molecule has 3 atom stereocenters. The highest BCUT2D eigenvalue weighted by Crippen LogP contribution is 2.45. The molecule has 11 heteroatoms. The van der Waals surface area contributed by atoms with E-state index in [0.29, 0.717) is 38.6 Å². The zero-order valence-electron chi connectivity index (χ0n) is 18.3. The molecule has 0 aromatic heterocycles. The van der Waals surface area contributed by atoms with Gasteiger partial charge in [-0.05, 0) is 44.4 Å². The normalized spacial score (nSPS) is 22.2. The Labute approximate surface area is 180 Å². The summed E-state index contributed by atoms with van der Waals surface area (Å²) >= 11 is 0. The van der Waals surface area contributed by atoms with Crippen molar-refractivity contribution in [2.45, 2.75) is 77.4 Å². The van der Waals surface area contributed by atoms with Crippen molar-refractivity contribution in [2.24, 2.45) is 16.4 Å². The second kappa shape index (κ2) is 12.5. The Bertz CT molecular complexity index is 642. The number of carbonyl (C=O) groups excluding carboxylic acids is 3. The maximum atomic E-state index is 12.7. The van der Waals surface area contributed by atoms with Crippen LogP contribution in [0, 0.1) is 11.3 Å². The molecule has 0 saturated heterocycles. The minimum Gasteiger partial charge on any atom is -0.386 e. The molecule has 0 radical (unpaired) electrons. The van der Waals surface area contributed by atoms with Gasteiger partial charge in [0.15, 0.2) is 0 Å². The molecule has 1 amide bonds. The van der Waals surface area contributed by atoms with Crippen LogP contribution < -0.4 is 16.1 Å². The van der Waals surface area contributed by atoms with Crippen molar-refractivity contribution in [1.82, 2.24) is 16.1 Å². The summed E-state index contributed by atoms with van der Waals surface area (Å²) in [6.45, 7) is 3.95. The Morgan fingerprint density at radius 2 is 1.97 bits per heavy atom. The lowest BCUT2D eigenvalue weighted by Gasteiger charge is -2.29. The van der Waals surface area contributed by atoms with E-state index in [-0.39, 0.29) is 24.3 Å². The lowest BCUT2D eigenvalue weighted by molar-refractivity contribution is -0.205. The van der Waals surface area contributed by atoms with Crippen LogP contribution in [0.4, 0.5) is 13.2 Å². The first-order valence-electron chi connectivity index (χ1n) is 10.6. The van der Waals surface area contributed by atoms with Gasteiger partial charge in [0, 0.05) is 26.6 Å². The van der Waals surface area contributed by atoms with Crippen LogP contribution in [0.25, 0.3) is 0 Å². The van der Waals surface area contributed by atoms with E-state index in [1.54, 1.807) is 7.05 Å². The molecule has 1 rings (SSSR count). The van der Waals surface area contributed by atoms with Crippen LogP contribution in [0.5, 0.6) is 0 Å². The summed E-state index contributed by atoms with van der Waals surface area (Å²) in [6, 6.07) is -0.172. The number of hydrazone groups is 1. The largest absolute Gasteiger partial charge is 0.491 e. The molecule has 0 aromatic carbocycles. The zero-order chi connectivity index (χ0) is 23.5. The summed E-state index contributed by atoms with van der Waals surface area (Å²) in [5, 5.41) is 9.58. The molecule has 1 aliphatic carbocycles. The predicted molar refractivity (Wildman–Crippen MR) is 109 cm³/mol. The Balaban J connectivity index is 2.89. The SMILES string of the molecule is CCCC(CCNC(C)=O)CCC1(C(=O)OC(=O)C(F)(F)F)CCC(NC=NNC)C1. The van der Waals surface area contributed by atoms with Crippen LogP contribution >= 0.6 is 0 Å². The molecule has 1 fully saturated rings. The van der Waals surface area contributed by atoms with E-state index in [4.69, 9.17) is 0 Å². The monoisotopic (exact) mass is 450 g/mol. The molecule has 0 aromatic rings. The lowest BCUT2D eigenvalue weighted by Crippen LogP contribution is -2.38. The molecule has 3 unspecified atom stereocenters. The maximum absolute atomic E-state index is 12.7. The first kappa shape index (κ1) is 26.7. The molecule has 1 aliphatic rings. The molecule has 3 N–H and O–H groups in total. The van der Waals surface area contributed by atoms with Crippen molar-refractivity contribution in [1.29, 1.82) is 0 Å². The number of esters is 2. The van der Waals surface area contributed by atoms with Crippen LogP contribution in [-0.2, 0) is 19.1 Å². The van der Waals surface area contributed by atoms with Gasteiger partial charge in [-0.1, -0.05) is 19.8 Å². The molecular weight excluding hydrogens is 417 g/mol. The quantitative estimate of drug-likeness (QED) is 0.139. The third kappa shape index (κ3) is 9.14. The van der Waals surface area contributed by atoms with E-state index >= 15 is 0 Å². The van der Waals surface area contributed by atoms with Gasteiger partial charge < -0.3 is 20.8 Å². The van der Waals surface area contributed by atoms with Crippen LogP contribution in [-0.4, -0.2) is 50.0 Å². The van der Waals surface area contributed by atoms with Gasteiger partial charge in [0.25, 0.3) is 0 Å². The second-order valence-electron chi connectivity index (χ2n) is 8.01. The van der Waals surface area contributed by atoms with E-state index < -0.39 is 23.5 Å². The predicted octanol–water partition coefficient (Wildman–Crippen LogP) is 2.63. The average molecular weight is 451 g/mol. The Morgan fingerprint density at radius 1 is 1.26 bits per heavy atom. The Morgan fingerprint density at radius 3 is 2.55 bits per heavy atom. The van der Waals surface area contributed by atoms with Crippen molar-refractivity contribution in [3.8, 4) is 0 Å². The summed E-state index contributed by atoms with van der Waals surface area (Å²) in [5.41, 5.74) is 1.40. The molecule has 0 aliphatic heterocycles. The molecule has 1 saturated carbocycles. The van der Waals surface area contributed by atoms with Gasteiger partial charge in [-0.2, -0.15) is 18.3 Å². The van der Waals surface area contributed by atoms with Crippen LogP contribution in [0.2, 0.25) is 0 Å². The maximum Gasteiger partial charge on any atom is 0.491 e. The van der Waals surface area contributed by atoms with E-state index in [0.717, 1.165) is 12.8 Å². The number of hydrogen-bond acceptors (Lipinski definition) is 6. The van der Waals surface area contributed by atoms with Gasteiger partial charge in [-0.15, -0.1) is 0 Å². The minimum atomic E-state index is -5.23.